The summed E-state index contributed by atoms with van der Waals surface area (Å²) in [5.74, 6) is -0.535. The Morgan fingerprint density at radius 2 is 1.83 bits per heavy atom. The Kier molecular flexibility index (Phi) is 6.31. The van der Waals surface area contributed by atoms with Crippen molar-refractivity contribution in [3.05, 3.63) is 70.1 Å². The van der Waals surface area contributed by atoms with Gasteiger partial charge in [0.15, 0.2) is 0 Å². The monoisotopic (exact) mass is 327 g/mol. The average Bonchev–Trinajstić information content (AvgIpc) is 2.59. The van der Waals surface area contributed by atoms with Crippen LogP contribution in [0.4, 0.5) is 0 Å². The second kappa shape index (κ2) is 8.67. The summed E-state index contributed by atoms with van der Waals surface area (Å²) in [6.07, 6.45) is 2.39. The van der Waals surface area contributed by atoms with E-state index in [1.807, 2.05) is 19.1 Å². The van der Waals surface area contributed by atoms with E-state index in [2.05, 4.69) is 10.6 Å². The molecule has 0 saturated heterocycles. The fourth-order valence-electron chi connectivity index (χ4n) is 2.18. The van der Waals surface area contributed by atoms with Gasteiger partial charge in [0.25, 0.3) is 11.5 Å². The fraction of sp³-hybridized carbons (Fsp3) is 0.278. The van der Waals surface area contributed by atoms with Crippen LogP contribution in [-0.2, 0) is 11.3 Å². The Morgan fingerprint density at radius 1 is 1.08 bits per heavy atom. The maximum atomic E-state index is 11.8. The van der Waals surface area contributed by atoms with Crippen molar-refractivity contribution in [1.29, 1.82) is 0 Å². The number of carbonyl (C=O) groups is 2. The molecular formula is C18H21N3O3. The third-order valence-corrected chi connectivity index (χ3v) is 3.50. The van der Waals surface area contributed by atoms with Gasteiger partial charge >= 0.3 is 0 Å². The van der Waals surface area contributed by atoms with E-state index in [1.165, 1.54) is 0 Å². The largest absolute Gasteiger partial charge is 0.355 e. The molecule has 6 nitrogen and oxygen atoms in total. The zero-order valence-corrected chi connectivity index (χ0v) is 13.6. The third kappa shape index (κ3) is 5.39. The van der Waals surface area contributed by atoms with Gasteiger partial charge in [0.05, 0.1) is 6.54 Å². The maximum absolute atomic E-state index is 11.8. The highest BCUT2D eigenvalue weighted by Gasteiger charge is 2.06. The first kappa shape index (κ1) is 17.5. The van der Waals surface area contributed by atoms with Gasteiger partial charge in [0.1, 0.15) is 0 Å². The van der Waals surface area contributed by atoms with E-state index in [-0.39, 0.29) is 23.9 Å². The molecule has 0 bridgehead atoms. The molecule has 2 amide bonds. The van der Waals surface area contributed by atoms with E-state index in [9.17, 15) is 14.4 Å². The quantitative estimate of drug-likeness (QED) is 0.747. The molecule has 1 heterocycles. The zero-order chi connectivity index (χ0) is 17.4. The van der Waals surface area contributed by atoms with E-state index in [1.54, 1.807) is 41.1 Å². The number of nitrogens with one attached hydrogen (secondary N) is 2. The van der Waals surface area contributed by atoms with Crippen molar-refractivity contribution in [3.63, 3.8) is 0 Å². The topological polar surface area (TPSA) is 80.2 Å². The molecule has 6 heteroatoms. The Labute approximate surface area is 140 Å². The molecule has 2 N–H and O–H groups in total. The van der Waals surface area contributed by atoms with Crippen LogP contribution in [0.1, 0.15) is 22.3 Å². The molecule has 2 rings (SSSR count). The fourth-order valence-corrected chi connectivity index (χ4v) is 2.18. The number of pyridine rings is 1. The summed E-state index contributed by atoms with van der Waals surface area (Å²) in [7, 11) is 0. The SMILES string of the molecule is Cc1ccn(CCCNC(=O)CNC(=O)c2ccccc2)c(=O)c1. The van der Waals surface area contributed by atoms with E-state index in [0.29, 0.717) is 25.1 Å². The molecule has 0 aliphatic carbocycles. The lowest BCUT2D eigenvalue weighted by atomic mass is 10.2. The molecular weight excluding hydrogens is 306 g/mol. The Bertz CT molecular complexity index is 754. The van der Waals surface area contributed by atoms with Crippen LogP contribution in [0, 0.1) is 6.92 Å². The van der Waals surface area contributed by atoms with Crippen molar-refractivity contribution in [2.45, 2.75) is 19.9 Å². The molecule has 1 aromatic carbocycles. The maximum Gasteiger partial charge on any atom is 0.251 e. The van der Waals surface area contributed by atoms with Gasteiger partial charge in [-0.2, -0.15) is 0 Å². The van der Waals surface area contributed by atoms with Crippen molar-refractivity contribution in [2.24, 2.45) is 0 Å². The minimum atomic E-state index is -0.281. The van der Waals surface area contributed by atoms with Gasteiger partial charge in [-0.3, -0.25) is 14.4 Å². The minimum absolute atomic E-state index is 0.0450. The van der Waals surface area contributed by atoms with Gasteiger partial charge in [-0.25, -0.2) is 0 Å². The lowest BCUT2D eigenvalue weighted by Gasteiger charge is -2.08. The molecule has 0 spiro atoms. The third-order valence-electron chi connectivity index (χ3n) is 3.50. The molecule has 0 aliphatic heterocycles. The second-order valence-electron chi connectivity index (χ2n) is 5.49. The molecule has 2 aromatic rings. The molecule has 0 radical (unpaired) electrons. The molecule has 126 valence electrons. The number of aromatic nitrogens is 1. The van der Waals surface area contributed by atoms with E-state index >= 15 is 0 Å². The van der Waals surface area contributed by atoms with Crippen molar-refractivity contribution in [3.8, 4) is 0 Å². The van der Waals surface area contributed by atoms with Crippen LogP contribution in [0.5, 0.6) is 0 Å². The number of rotatable bonds is 7. The summed E-state index contributed by atoms with van der Waals surface area (Å²) < 4.78 is 1.61. The number of benzene rings is 1. The molecule has 0 fully saturated rings. The summed E-state index contributed by atoms with van der Waals surface area (Å²) in [6, 6.07) is 12.2. The van der Waals surface area contributed by atoms with Crippen LogP contribution in [0.15, 0.2) is 53.5 Å². The number of aryl methyl sites for hydroxylation is 2. The van der Waals surface area contributed by atoms with Gasteiger partial charge in [-0.05, 0) is 37.1 Å². The van der Waals surface area contributed by atoms with Crippen molar-refractivity contribution in [2.75, 3.05) is 13.1 Å². The lowest BCUT2D eigenvalue weighted by molar-refractivity contribution is -0.120. The first-order valence-electron chi connectivity index (χ1n) is 7.83. The molecule has 0 atom stereocenters. The molecule has 0 aliphatic rings. The van der Waals surface area contributed by atoms with Crippen LogP contribution >= 0.6 is 0 Å². The highest BCUT2D eigenvalue weighted by Crippen LogP contribution is 1.97. The lowest BCUT2D eigenvalue weighted by Crippen LogP contribution is -2.37. The summed E-state index contributed by atoms with van der Waals surface area (Å²) in [4.78, 5) is 35.2. The van der Waals surface area contributed by atoms with Gasteiger partial charge in [-0.1, -0.05) is 18.2 Å². The summed E-state index contributed by atoms with van der Waals surface area (Å²) in [5.41, 5.74) is 1.40. The van der Waals surface area contributed by atoms with E-state index < -0.39 is 0 Å². The standard InChI is InChI=1S/C18H21N3O3/c1-14-8-11-21(17(23)12-14)10-5-9-19-16(22)13-20-18(24)15-6-3-2-4-7-15/h2-4,6-8,11-12H,5,9-10,13H2,1H3,(H,19,22)(H,20,24). The Hall–Kier alpha value is -2.89. The Balaban J connectivity index is 1.66. The van der Waals surface area contributed by atoms with Gasteiger partial charge in [0.2, 0.25) is 5.91 Å². The summed E-state index contributed by atoms with van der Waals surface area (Å²) in [6.45, 7) is 2.78. The number of carbonyl (C=O) groups excluding carboxylic acids is 2. The average molecular weight is 327 g/mol. The first-order valence-corrected chi connectivity index (χ1v) is 7.83. The highest BCUT2D eigenvalue weighted by molar-refractivity contribution is 5.96. The van der Waals surface area contributed by atoms with Crippen molar-refractivity contribution in [1.82, 2.24) is 15.2 Å². The molecule has 1 aromatic heterocycles. The summed E-state index contributed by atoms with van der Waals surface area (Å²) in [5, 5.41) is 5.29. The normalized spacial score (nSPS) is 10.2. The van der Waals surface area contributed by atoms with Crippen LogP contribution in [0.3, 0.4) is 0 Å². The van der Waals surface area contributed by atoms with Gasteiger partial charge in [0, 0.05) is 30.9 Å². The highest BCUT2D eigenvalue weighted by atomic mass is 16.2. The first-order chi connectivity index (χ1) is 11.6. The Morgan fingerprint density at radius 3 is 2.54 bits per heavy atom. The van der Waals surface area contributed by atoms with Crippen LogP contribution < -0.4 is 16.2 Å². The number of amides is 2. The minimum Gasteiger partial charge on any atom is -0.355 e. The number of nitrogens with zero attached hydrogens (tertiary/aromatic N) is 1. The number of hydrogen-bond donors (Lipinski definition) is 2. The molecule has 0 unspecified atom stereocenters. The smallest absolute Gasteiger partial charge is 0.251 e. The van der Waals surface area contributed by atoms with E-state index in [0.717, 1.165) is 5.56 Å². The van der Waals surface area contributed by atoms with Gasteiger partial charge in [-0.15, -0.1) is 0 Å². The molecule has 0 saturated carbocycles. The van der Waals surface area contributed by atoms with Gasteiger partial charge < -0.3 is 15.2 Å². The predicted octanol–water partition coefficient (Wildman–Crippen LogP) is 1.09. The molecule has 24 heavy (non-hydrogen) atoms. The van der Waals surface area contributed by atoms with Crippen LogP contribution in [0.2, 0.25) is 0 Å². The van der Waals surface area contributed by atoms with Crippen LogP contribution in [0.25, 0.3) is 0 Å². The number of hydrogen-bond acceptors (Lipinski definition) is 3. The van der Waals surface area contributed by atoms with Crippen molar-refractivity contribution >= 4 is 11.8 Å². The zero-order valence-electron chi connectivity index (χ0n) is 13.6. The van der Waals surface area contributed by atoms with Crippen molar-refractivity contribution < 1.29 is 9.59 Å². The predicted molar refractivity (Wildman–Crippen MR) is 91.8 cm³/mol. The van der Waals surface area contributed by atoms with E-state index in [4.69, 9.17) is 0 Å². The second-order valence-corrected chi connectivity index (χ2v) is 5.49. The summed E-state index contributed by atoms with van der Waals surface area (Å²) >= 11 is 0. The van der Waals surface area contributed by atoms with Crippen LogP contribution in [-0.4, -0.2) is 29.5 Å².